The molecule has 0 N–H and O–H groups in total. The number of thiophene rings is 1. The Morgan fingerprint density at radius 3 is 2.75 bits per heavy atom. The van der Waals surface area contributed by atoms with Gasteiger partial charge in [-0.25, -0.2) is 0 Å². The molecule has 1 aromatic rings. The molecule has 1 rings (SSSR count). The lowest BCUT2D eigenvalue weighted by atomic mass is 10.1. The number of ether oxygens (including phenoxy) is 1. The fourth-order valence-corrected chi connectivity index (χ4v) is 2.14. The van der Waals surface area contributed by atoms with Crippen LogP contribution >= 0.6 is 22.9 Å². The molecule has 0 atom stereocenters. The van der Waals surface area contributed by atoms with E-state index in [1.807, 2.05) is 19.2 Å². The number of amides is 1. The topological polar surface area (TPSA) is 29.5 Å². The third-order valence-corrected chi connectivity index (χ3v) is 4.12. The molecule has 0 fully saturated rings. The standard InChI is InChI=1S/C11H16ClNO2S/c1-11(2,7-12)13(3)10(14)9-8(15-4)5-6-16-9/h5-6H,7H2,1-4H3. The van der Waals surface area contributed by atoms with Gasteiger partial charge in [-0.15, -0.1) is 22.9 Å². The van der Waals surface area contributed by atoms with Gasteiger partial charge in [-0.3, -0.25) is 4.79 Å². The molecule has 0 saturated heterocycles. The largest absolute Gasteiger partial charge is 0.495 e. The Kier molecular flexibility index (Phi) is 4.21. The summed E-state index contributed by atoms with van der Waals surface area (Å²) in [6, 6.07) is 1.79. The minimum Gasteiger partial charge on any atom is -0.495 e. The molecule has 0 aliphatic heterocycles. The Balaban J connectivity index is 2.95. The Labute approximate surface area is 105 Å². The van der Waals surface area contributed by atoms with E-state index in [1.54, 1.807) is 25.1 Å². The maximum absolute atomic E-state index is 12.2. The van der Waals surface area contributed by atoms with Gasteiger partial charge in [0.05, 0.1) is 12.6 Å². The molecule has 0 spiro atoms. The van der Waals surface area contributed by atoms with Gasteiger partial charge >= 0.3 is 0 Å². The van der Waals surface area contributed by atoms with Crippen LogP contribution in [0.25, 0.3) is 0 Å². The van der Waals surface area contributed by atoms with Gasteiger partial charge in [0.1, 0.15) is 10.6 Å². The molecular weight excluding hydrogens is 246 g/mol. The van der Waals surface area contributed by atoms with E-state index in [0.717, 1.165) is 0 Å². The van der Waals surface area contributed by atoms with Crippen LogP contribution in [0.4, 0.5) is 0 Å². The van der Waals surface area contributed by atoms with Crippen molar-refractivity contribution in [3.05, 3.63) is 16.3 Å². The van der Waals surface area contributed by atoms with Crippen molar-refractivity contribution < 1.29 is 9.53 Å². The lowest BCUT2D eigenvalue weighted by Crippen LogP contribution is -2.46. The van der Waals surface area contributed by atoms with E-state index in [1.165, 1.54) is 11.3 Å². The van der Waals surface area contributed by atoms with Gasteiger partial charge in [-0.05, 0) is 25.3 Å². The van der Waals surface area contributed by atoms with Crippen molar-refractivity contribution in [2.24, 2.45) is 0 Å². The number of carbonyl (C=O) groups excluding carboxylic acids is 1. The van der Waals surface area contributed by atoms with Crippen LogP contribution in [0.3, 0.4) is 0 Å². The minimum absolute atomic E-state index is 0.0579. The predicted molar refractivity (Wildman–Crippen MR) is 67.8 cm³/mol. The Bertz CT molecular complexity index is 376. The quantitative estimate of drug-likeness (QED) is 0.780. The number of hydrogen-bond donors (Lipinski definition) is 0. The first-order chi connectivity index (χ1) is 7.44. The van der Waals surface area contributed by atoms with E-state index in [9.17, 15) is 4.79 Å². The van der Waals surface area contributed by atoms with Gasteiger partial charge in [0.25, 0.3) is 5.91 Å². The highest BCUT2D eigenvalue weighted by Crippen LogP contribution is 2.28. The molecule has 0 bridgehead atoms. The van der Waals surface area contributed by atoms with Crippen LogP contribution < -0.4 is 4.74 Å². The summed E-state index contributed by atoms with van der Waals surface area (Å²) in [5, 5.41) is 1.84. The van der Waals surface area contributed by atoms with Crippen molar-refractivity contribution in [1.82, 2.24) is 4.90 Å². The van der Waals surface area contributed by atoms with Crippen molar-refractivity contribution >= 4 is 28.8 Å². The first-order valence-electron chi connectivity index (χ1n) is 4.89. The normalized spacial score (nSPS) is 11.3. The summed E-state index contributed by atoms with van der Waals surface area (Å²) in [5.74, 6) is 0.952. The average Bonchev–Trinajstić information content (AvgIpc) is 2.74. The maximum Gasteiger partial charge on any atom is 0.267 e. The van der Waals surface area contributed by atoms with E-state index in [0.29, 0.717) is 16.5 Å². The van der Waals surface area contributed by atoms with E-state index in [4.69, 9.17) is 16.3 Å². The predicted octanol–water partition coefficient (Wildman–Crippen LogP) is 2.85. The smallest absolute Gasteiger partial charge is 0.267 e. The Morgan fingerprint density at radius 2 is 2.25 bits per heavy atom. The second-order valence-electron chi connectivity index (χ2n) is 4.13. The van der Waals surface area contributed by atoms with Gasteiger partial charge in [0.15, 0.2) is 0 Å². The van der Waals surface area contributed by atoms with E-state index in [-0.39, 0.29) is 11.4 Å². The summed E-state index contributed by atoms with van der Waals surface area (Å²) < 4.78 is 5.13. The van der Waals surface area contributed by atoms with Crippen LogP contribution in [-0.2, 0) is 0 Å². The Hall–Kier alpha value is -0.740. The van der Waals surface area contributed by atoms with Crippen molar-refractivity contribution in [1.29, 1.82) is 0 Å². The molecule has 0 aliphatic rings. The summed E-state index contributed by atoms with van der Waals surface area (Å²) in [7, 11) is 3.31. The average molecular weight is 262 g/mol. The van der Waals surface area contributed by atoms with Crippen LogP contribution in [0.2, 0.25) is 0 Å². The van der Waals surface area contributed by atoms with Crippen LogP contribution in [0.15, 0.2) is 11.4 Å². The van der Waals surface area contributed by atoms with E-state index < -0.39 is 0 Å². The number of alkyl halides is 1. The van der Waals surface area contributed by atoms with Gasteiger partial charge < -0.3 is 9.64 Å². The zero-order valence-electron chi connectivity index (χ0n) is 9.91. The highest BCUT2D eigenvalue weighted by atomic mass is 35.5. The fourth-order valence-electron chi connectivity index (χ4n) is 1.13. The maximum atomic E-state index is 12.2. The molecule has 0 aromatic carbocycles. The first kappa shape index (κ1) is 13.3. The zero-order valence-corrected chi connectivity index (χ0v) is 11.5. The molecule has 1 aromatic heterocycles. The third-order valence-electron chi connectivity index (χ3n) is 2.58. The summed E-state index contributed by atoms with van der Waals surface area (Å²) in [5.41, 5.74) is -0.367. The molecule has 0 radical (unpaired) electrons. The number of nitrogens with zero attached hydrogens (tertiary/aromatic N) is 1. The fraction of sp³-hybridized carbons (Fsp3) is 0.545. The first-order valence-corrected chi connectivity index (χ1v) is 6.31. The number of halogens is 1. The number of hydrogen-bond acceptors (Lipinski definition) is 3. The highest BCUT2D eigenvalue weighted by Gasteiger charge is 2.29. The highest BCUT2D eigenvalue weighted by molar-refractivity contribution is 7.12. The lowest BCUT2D eigenvalue weighted by Gasteiger charge is -2.33. The molecule has 1 amide bonds. The van der Waals surface area contributed by atoms with Gasteiger partial charge in [0.2, 0.25) is 0 Å². The van der Waals surface area contributed by atoms with Gasteiger partial charge in [-0.1, -0.05) is 0 Å². The molecule has 0 aliphatic carbocycles. The molecular formula is C11H16ClNO2S. The monoisotopic (exact) mass is 261 g/mol. The number of rotatable bonds is 4. The van der Waals surface area contributed by atoms with E-state index >= 15 is 0 Å². The summed E-state index contributed by atoms with van der Waals surface area (Å²) in [6.07, 6.45) is 0. The van der Waals surface area contributed by atoms with Crippen LogP contribution in [0.5, 0.6) is 5.75 Å². The summed E-state index contributed by atoms with van der Waals surface area (Å²) in [4.78, 5) is 14.4. The zero-order chi connectivity index (χ0) is 12.3. The van der Waals surface area contributed by atoms with Crippen LogP contribution in [0.1, 0.15) is 23.5 Å². The molecule has 3 nitrogen and oxygen atoms in total. The van der Waals surface area contributed by atoms with Crippen molar-refractivity contribution in [2.45, 2.75) is 19.4 Å². The van der Waals surface area contributed by atoms with Gasteiger partial charge in [0, 0.05) is 12.9 Å². The van der Waals surface area contributed by atoms with E-state index in [2.05, 4.69) is 0 Å². The van der Waals surface area contributed by atoms with Crippen molar-refractivity contribution in [3.63, 3.8) is 0 Å². The summed E-state index contributed by atoms with van der Waals surface area (Å²) >= 11 is 7.22. The van der Waals surface area contributed by atoms with Crippen LogP contribution in [-0.4, -0.2) is 36.4 Å². The van der Waals surface area contributed by atoms with Crippen molar-refractivity contribution in [2.75, 3.05) is 20.0 Å². The molecule has 16 heavy (non-hydrogen) atoms. The molecule has 0 saturated carbocycles. The number of carbonyl (C=O) groups is 1. The molecule has 0 unspecified atom stereocenters. The third kappa shape index (κ3) is 2.50. The molecule has 1 heterocycles. The molecule has 5 heteroatoms. The van der Waals surface area contributed by atoms with Crippen molar-refractivity contribution in [3.8, 4) is 5.75 Å². The summed E-state index contributed by atoms with van der Waals surface area (Å²) in [6.45, 7) is 3.86. The van der Waals surface area contributed by atoms with Gasteiger partial charge in [-0.2, -0.15) is 0 Å². The van der Waals surface area contributed by atoms with Crippen LogP contribution in [0, 0.1) is 0 Å². The molecule has 90 valence electrons. The Morgan fingerprint density at radius 1 is 1.62 bits per heavy atom. The SMILES string of the molecule is COc1ccsc1C(=O)N(C)C(C)(C)CCl. The second kappa shape index (κ2) is 5.06. The second-order valence-corrected chi connectivity index (χ2v) is 5.31. The number of methoxy groups -OCH3 is 1. The lowest BCUT2D eigenvalue weighted by molar-refractivity contribution is 0.0662. The minimum atomic E-state index is -0.367.